The summed E-state index contributed by atoms with van der Waals surface area (Å²) in [6.07, 6.45) is 0.664. The Bertz CT molecular complexity index is 1020. The minimum atomic E-state index is -0.754. The van der Waals surface area contributed by atoms with Gasteiger partial charge in [0.2, 0.25) is 5.43 Å². The van der Waals surface area contributed by atoms with Crippen LogP contribution in [0.3, 0.4) is 0 Å². The molecule has 0 amide bonds. The number of hydrogen-bond acceptors (Lipinski definition) is 7. The Kier molecular flexibility index (Phi) is 5.08. The van der Waals surface area contributed by atoms with Gasteiger partial charge in [-0.2, -0.15) is 0 Å². The van der Waals surface area contributed by atoms with Gasteiger partial charge in [0, 0.05) is 17.1 Å². The van der Waals surface area contributed by atoms with Crippen LogP contribution in [0.1, 0.15) is 25.1 Å². The van der Waals surface area contributed by atoms with Gasteiger partial charge in [-0.3, -0.25) is 4.79 Å². The third kappa shape index (κ3) is 3.48. The number of benzene rings is 1. The molecule has 1 aromatic carbocycles. The summed E-state index contributed by atoms with van der Waals surface area (Å²) in [5, 5.41) is 3.00. The largest absolute Gasteiger partial charge is 0.479 e. The van der Waals surface area contributed by atoms with Crippen LogP contribution in [0.5, 0.6) is 5.75 Å². The van der Waals surface area contributed by atoms with Crippen molar-refractivity contribution in [3.63, 3.8) is 0 Å². The van der Waals surface area contributed by atoms with Crippen LogP contribution in [0.15, 0.2) is 33.0 Å². The van der Waals surface area contributed by atoms with E-state index >= 15 is 0 Å². The zero-order chi connectivity index (χ0) is 18.8. The van der Waals surface area contributed by atoms with Crippen LogP contribution in [0, 0.1) is 13.8 Å². The van der Waals surface area contributed by atoms with E-state index in [-0.39, 0.29) is 12.0 Å². The number of aryl methyl sites for hydroxylation is 2. The Morgan fingerprint density at radius 2 is 2.12 bits per heavy atom. The summed E-state index contributed by atoms with van der Waals surface area (Å²) in [7, 11) is 0. The van der Waals surface area contributed by atoms with Gasteiger partial charge in [0.05, 0.1) is 17.6 Å². The second-order valence-corrected chi connectivity index (χ2v) is 6.76. The highest BCUT2D eigenvalue weighted by Gasteiger charge is 2.18. The molecule has 1 atom stereocenters. The van der Waals surface area contributed by atoms with Gasteiger partial charge >= 0.3 is 5.97 Å². The van der Waals surface area contributed by atoms with Gasteiger partial charge in [0.15, 0.2) is 6.10 Å². The monoisotopic (exact) mass is 373 g/mol. The van der Waals surface area contributed by atoms with Crippen LogP contribution in [0.4, 0.5) is 0 Å². The number of carbonyl (C=O) groups is 1. The third-order valence-electron chi connectivity index (χ3n) is 3.83. The molecular formula is C19H19NO5S. The molecule has 0 N–H and O–H groups in total. The molecule has 2 heterocycles. The summed E-state index contributed by atoms with van der Waals surface area (Å²) in [6.45, 7) is 7.32. The molecule has 0 bridgehead atoms. The third-order valence-corrected chi connectivity index (χ3v) is 4.82. The normalized spacial score (nSPS) is 12.2. The van der Waals surface area contributed by atoms with E-state index in [1.54, 1.807) is 32.9 Å². The number of rotatable bonds is 5. The summed E-state index contributed by atoms with van der Waals surface area (Å²) in [6, 6.07) is 3.32. The van der Waals surface area contributed by atoms with Gasteiger partial charge in [-0.05, 0) is 39.3 Å². The van der Waals surface area contributed by atoms with Gasteiger partial charge < -0.3 is 13.9 Å². The highest BCUT2D eigenvalue weighted by Crippen LogP contribution is 2.28. The number of thiazole rings is 1. The second-order valence-electron chi connectivity index (χ2n) is 5.90. The van der Waals surface area contributed by atoms with Crippen LogP contribution in [-0.2, 0) is 9.53 Å². The quantitative estimate of drug-likeness (QED) is 0.632. The SMILES string of the molecule is CCOC(=O)[C@H](C)Oc1cc(C)c2c(=O)c(-c3nc(C)cs3)coc2c1. The number of esters is 1. The first-order valence-corrected chi connectivity index (χ1v) is 9.10. The summed E-state index contributed by atoms with van der Waals surface area (Å²) in [4.78, 5) is 29.0. The predicted molar refractivity (Wildman–Crippen MR) is 99.8 cm³/mol. The molecule has 0 spiro atoms. The molecule has 3 rings (SSSR count). The first-order valence-electron chi connectivity index (χ1n) is 8.22. The van der Waals surface area contributed by atoms with E-state index in [9.17, 15) is 9.59 Å². The summed E-state index contributed by atoms with van der Waals surface area (Å²) < 4.78 is 16.2. The Morgan fingerprint density at radius 3 is 2.77 bits per heavy atom. The summed E-state index contributed by atoms with van der Waals surface area (Å²) in [5.74, 6) is -0.00210. The van der Waals surface area contributed by atoms with Crippen molar-refractivity contribution in [2.24, 2.45) is 0 Å². The molecule has 0 radical (unpaired) electrons. The molecule has 0 aliphatic heterocycles. The lowest BCUT2D eigenvalue weighted by molar-refractivity contribution is -0.150. The first kappa shape index (κ1) is 18.1. The van der Waals surface area contributed by atoms with Gasteiger partial charge in [-0.25, -0.2) is 9.78 Å². The molecule has 0 saturated heterocycles. The Hall–Kier alpha value is -2.67. The average Bonchev–Trinajstić information content (AvgIpc) is 3.01. The van der Waals surface area contributed by atoms with Crippen molar-refractivity contribution in [1.29, 1.82) is 0 Å². The van der Waals surface area contributed by atoms with E-state index in [4.69, 9.17) is 13.9 Å². The minimum Gasteiger partial charge on any atom is -0.479 e. The number of ether oxygens (including phenoxy) is 2. The lowest BCUT2D eigenvalue weighted by Crippen LogP contribution is -2.26. The molecule has 0 saturated carbocycles. The number of fused-ring (bicyclic) bond motifs is 1. The Balaban J connectivity index is 2.00. The van der Waals surface area contributed by atoms with Gasteiger partial charge in [0.25, 0.3) is 0 Å². The highest BCUT2D eigenvalue weighted by atomic mass is 32.1. The van der Waals surface area contributed by atoms with Crippen LogP contribution in [0.25, 0.3) is 21.5 Å². The molecule has 0 fully saturated rings. The van der Waals surface area contributed by atoms with Crippen LogP contribution >= 0.6 is 11.3 Å². The fourth-order valence-corrected chi connectivity index (χ4v) is 3.42. The van der Waals surface area contributed by atoms with Gasteiger partial charge in [0.1, 0.15) is 22.6 Å². The van der Waals surface area contributed by atoms with E-state index in [0.29, 0.717) is 32.9 Å². The summed E-state index contributed by atoms with van der Waals surface area (Å²) >= 11 is 1.40. The average molecular weight is 373 g/mol. The molecule has 3 aromatic rings. The Morgan fingerprint density at radius 1 is 1.35 bits per heavy atom. The molecule has 6 nitrogen and oxygen atoms in total. The molecule has 0 unspecified atom stereocenters. The van der Waals surface area contributed by atoms with Crippen LogP contribution in [-0.4, -0.2) is 23.7 Å². The maximum atomic E-state index is 12.9. The maximum absolute atomic E-state index is 12.9. The van der Waals surface area contributed by atoms with Crippen molar-refractivity contribution < 1.29 is 18.7 Å². The molecule has 136 valence electrons. The van der Waals surface area contributed by atoms with Crippen molar-refractivity contribution in [3.8, 4) is 16.3 Å². The molecule has 2 aromatic heterocycles. The van der Waals surface area contributed by atoms with E-state index in [1.165, 1.54) is 17.6 Å². The topological polar surface area (TPSA) is 78.6 Å². The van der Waals surface area contributed by atoms with Crippen molar-refractivity contribution in [1.82, 2.24) is 4.98 Å². The molecule has 26 heavy (non-hydrogen) atoms. The zero-order valence-electron chi connectivity index (χ0n) is 15.0. The second kappa shape index (κ2) is 7.29. The lowest BCUT2D eigenvalue weighted by atomic mass is 10.1. The molecule has 7 heteroatoms. The fourth-order valence-electron chi connectivity index (χ4n) is 2.62. The number of aromatic nitrogens is 1. The van der Waals surface area contributed by atoms with Crippen molar-refractivity contribution in [2.75, 3.05) is 6.61 Å². The van der Waals surface area contributed by atoms with Crippen molar-refractivity contribution >= 4 is 28.3 Å². The zero-order valence-corrected chi connectivity index (χ0v) is 15.8. The van der Waals surface area contributed by atoms with Gasteiger partial charge in [-0.15, -0.1) is 11.3 Å². The van der Waals surface area contributed by atoms with E-state index in [0.717, 1.165) is 5.69 Å². The highest BCUT2D eigenvalue weighted by molar-refractivity contribution is 7.13. The van der Waals surface area contributed by atoms with E-state index < -0.39 is 12.1 Å². The van der Waals surface area contributed by atoms with Gasteiger partial charge in [-0.1, -0.05) is 0 Å². The molecule has 0 aliphatic rings. The van der Waals surface area contributed by atoms with E-state index in [1.807, 2.05) is 12.3 Å². The smallest absolute Gasteiger partial charge is 0.347 e. The first-order chi connectivity index (χ1) is 12.4. The fraction of sp³-hybridized carbons (Fsp3) is 0.316. The Labute approximate surface area is 154 Å². The minimum absolute atomic E-state index is 0.136. The lowest BCUT2D eigenvalue weighted by Gasteiger charge is -2.14. The standard InChI is InChI=1S/C19H19NO5S/c1-5-23-19(22)12(4)25-13-6-10(2)16-15(7-13)24-8-14(17(16)21)18-20-11(3)9-26-18/h6-9,12H,5H2,1-4H3/t12-/m0/s1. The number of carbonyl (C=O) groups excluding carboxylic acids is 1. The molecular weight excluding hydrogens is 354 g/mol. The molecule has 0 aliphatic carbocycles. The predicted octanol–water partition coefficient (Wildman–Crippen LogP) is 3.86. The number of nitrogens with zero attached hydrogens (tertiary/aromatic N) is 1. The van der Waals surface area contributed by atoms with E-state index in [2.05, 4.69) is 4.98 Å². The summed E-state index contributed by atoms with van der Waals surface area (Å²) in [5.41, 5.74) is 2.27. The van der Waals surface area contributed by atoms with Crippen LogP contribution < -0.4 is 10.2 Å². The van der Waals surface area contributed by atoms with Crippen LogP contribution in [0.2, 0.25) is 0 Å². The maximum Gasteiger partial charge on any atom is 0.347 e. The van der Waals surface area contributed by atoms with Crippen molar-refractivity contribution in [3.05, 3.63) is 45.3 Å². The number of hydrogen-bond donors (Lipinski definition) is 0. The van der Waals surface area contributed by atoms with Crippen molar-refractivity contribution in [2.45, 2.75) is 33.8 Å².